The van der Waals surface area contributed by atoms with Crippen LogP contribution in [0.1, 0.15) is 77.1 Å². The lowest BCUT2D eigenvalue weighted by Gasteiger charge is -2.30. The van der Waals surface area contributed by atoms with Gasteiger partial charge in [-0.05, 0) is 79.3 Å². The van der Waals surface area contributed by atoms with Crippen molar-refractivity contribution < 1.29 is 33.1 Å². The maximum Gasteiger partial charge on any atom is 0.407 e. The van der Waals surface area contributed by atoms with E-state index in [1.165, 1.54) is 14.2 Å². The SMILES string of the molecule is COC(=O)NC(C(=O)N1CCC[C@@H]1c1ncc(-c2ccc3oc4c(ccc5cc(-c6cnc([C@H]7CCCN7C(=O)[C@H](NC(=O)OC)C(C)C)[nH]6)ccc54)c(=O)c3c2)[nH]1)C(C)C. The van der Waals surface area contributed by atoms with E-state index in [0.717, 1.165) is 46.9 Å². The van der Waals surface area contributed by atoms with E-state index in [9.17, 15) is 24.0 Å². The van der Waals surface area contributed by atoms with E-state index in [2.05, 4.69) is 30.6 Å². The molecule has 5 heterocycles. The van der Waals surface area contributed by atoms with Gasteiger partial charge in [0.25, 0.3) is 0 Å². The first kappa shape index (κ1) is 41.0. The summed E-state index contributed by atoms with van der Waals surface area (Å²) in [5.74, 6) is 0.651. The molecule has 4 N–H and O–H groups in total. The molecule has 2 fully saturated rings. The Morgan fingerprint density at radius 1 is 0.705 bits per heavy atom. The summed E-state index contributed by atoms with van der Waals surface area (Å²) >= 11 is 0. The number of methoxy groups -OCH3 is 2. The molecule has 4 atom stereocenters. The van der Waals surface area contributed by atoms with Gasteiger partial charge < -0.3 is 44.3 Å². The normalized spacial score (nSPS) is 17.7. The number of hydrogen-bond acceptors (Lipinski definition) is 10. The van der Waals surface area contributed by atoms with Gasteiger partial charge in [0.2, 0.25) is 17.2 Å². The highest BCUT2D eigenvalue weighted by Gasteiger charge is 2.39. The molecule has 4 amide bonds. The van der Waals surface area contributed by atoms with Gasteiger partial charge in [-0.3, -0.25) is 14.4 Å². The molecule has 16 nitrogen and oxygen atoms in total. The Balaban J connectivity index is 1.03. The minimum Gasteiger partial charge on any atom is -0.455 e. The Bertz CT molecular complexity index is 2720. The number of aromatic nitrogens is 4. The summed E-state index contributed by atoms with van der Waals surface area (Å²) in [5, 5.41) is 7.89. The number of amides is 4. The maximum atomic E-state index is 14.1. The van der Waals surface area contributed by atoms with Gasteiger partial charge >= 0.3 is 12.2 Å². The third-order valence-corrected chi connectivity index (χ3v) is 12.0. The second kappa shape index (κ2) is 16.7. The van der Waals surface area contributed by atoms with Crippen molar-refractivity contribution in [2.24, 2.45) is 11.8 Å². The molecule has 61 heavy (non-hydrogen) atoms. The quantitative estimate of drug-likeness (QED) is 0.0825. The number of nitrogens with one attached hydrogen (secondary N) is 4. The second-order valence-corrected chi connectivity index (χ2v) is 16.5. The molecule has 6 aromatic rings. The molecule has 0 aliphatic carbocycles. The third kappa shape index (κ3) is 7.77. The van der Waals surface area contributed by atoms with E-state index in [1.54, 1.807) is 40.4 Å². The minimum atomic E-state index is -0.739. The molecule has 2 aliphatic rings. The maximum absolute atomic E-state index is 14.1. The van der Waals surface area contributed by atoms with Gasteiger partial charge in [0.15, 0.2) is 0 Å². The molecule has 2 aliphatic heterocycles. The molecule has 3 aromatic heterocycles. The van der Waals surface area contributed by atoms with E-state index in [4.69, 9.17) is 13.9 Å². The molecule has 3 aromatic carbocycles. The van der Waals surface area contributed by atoms with Crippen molar-refractivity contribution in [1.82, 2.24) is 40.4 Å². The fraction of sp³-hybridized carbons (Fsp3) is 0.400. The molecule has 2 saturated heterocycles. The van der Waals surface area contributed by atoms with Gasteiger partial charge in [-0.2, -0.15) is 0 Å². The van der Waals surface area contributed by atoms with Crippen LogP contribution in [-0.4, -0.2) is 93.1 Å². The minimum absolute atomic E-state index is 0.136. The highest BCUT2D eigenvalue weighted by atomic mass is 16.5. The second-order valence-electron chi connectivity index (χ2n) is 16.5. The van der Waals surface area contributed by atoms with Crippen molar-refractivity contribution >= 4 is 56.7 Å². The Labute approximate surface area is 351 Å². The van der Waals surface area contributed by atoms with Gasteiger partial charge in [0, 0.05) is 29.6 Å². The summed E-state index contributed by atoms with van der Waals surface area (Å²) in [6.45, 7) is 8.62. The van der Waals surface area contributed by atoms with Crippen molar-refractivity contribution in [2.75, 3.05) is 27.3 Å². The summed E-state index contributed by atoms with van der Waals surface area (Å²) in [6.07, 6.45) is 5.22. The molecule has 8 rings (SSSR count). The van der Waals surface area contributed by atoms with E-state index >= 15 is 0 Å². The number of fused-ring (bicyclic) bond motifs is 4. The van der Waals surface area contributed by atoms with Crippen molar-refractivity contribution in [3.63, 3.8) is 0 Å². The zero-order valence-electron chi connectivity index (χ0n) is 35.0. The Morgan fingerprint density at radius 2 is 1.21 bits per heavy atom. The van der Waals surface area contributed by atoms with Crippen LogP contribution in [0.15, 0.2) is 70.1 Å². The number of hydrogen-bond donors (Lipinski definition) is 4. The first-order valence-electron chi connectivity index (χ1n) is 20.7. The van der Waals surface area contributed by atoms with Crippen LogP contribution in [0.4, 0.5) is 9.59 Å². The number of aromatic amines is 2. The monoisotopic (exact) mass is 830 g/mol. The number of nitrogens with zero attached hydrogens (tertiary/aromatic N) is 4. The number of carbonyl (C=O) groups excluding carboxylic acids is 4. The number of ether oxygens (including phenoxy) is 2. The fourth-order valence-corrected chi connectivity index (χ4v) is 8.67. The lowest BCUT2D eigenvalue weighted by atomic mass is 10.0. The highest BCUT2D eigenvalue weighted by Crippen LogP contribution is 2.36. The number of alkyl carbamates (subject to hydrolysis) is 2. The molecule has 0 spiro atoms. The lowest BCUT2D eigenvalue weighted by molar-refractivity contribution is -0.136. The predicted molar refractivity (Wildman–Crippen MR) is 228 cm³/mol. The first-order chi connectivity index (χ1) is 29.4. The topological polar surface area (TPSA) is 205 Å². The number of imidazole rings is 2. The van der Waals surface area contributed by atoms with Crippen LogP contribution >= 0.6 is 0 Å². The number of rotatable bonds is 10. The van der Waals surface area contributed by atoms with Crippen LogP contribution in [0.25, 0.3) is 55.2 Å². The molecule has 0 radical (unpaired) electrons. The highest BCUT2D eigenvalue weighted by molar-refractivity contribution is 6.07. The van der Waals surface area contributed by atoms with E-state index in [0.29, 0.717) is 58.8 Å². The van der Waals surface area contributed by atoms with Crippen LogP contribution in [0.5, 0.6) is 0 Å². The largest absolute Gasteiger partial charge is 0.455 e. The van der Waals surface area contributed by atoms with E-state index < -0.39 is 24.3 Å². The Morgan fingerprint density at radius 3 is 1.74 bits per heavy atom. The van der Waals surface area contributed by atoms with Gasteiger partial charge in [-0.15, -0.1) is 0 Å². The van der Waals surface area contributed by atoms with Crippen molar-refractivity contribution in [3.8, 4) is 22.5 Å². The first-order valence-corrected chi connectivity index (χ1v) is 20.7. The summed E-state index contributed by atoms with van der Waals surface area (Å²) in [4.78, 5) is 85.1. The van der Waals surface area contributed by atoms with Crippen molar-refractivity contribution in [2.45, 2.75) is 77.5 Å². The number of likely N-dealkylation sites (tertiary alicyclic amines) is 2. The summed E-state index contributed by atoms with van der Waals surface area (Å²) < 4.78 is 16.0. The van der Waals surface area contributed by atoms with E-state index in [1.807, 2.05) is 58.0 Å². The zero-order valence-corrected chi connectivity index (χ0v) is 35.0. The standard InChI is InChI=1S/C45H50N8O8/c1-23(2)36(50-44(57)59-5)42(55)52-17-7-9-33(52)40-46-21-31(48-40)26-12-14-28-25(19-26)11-15-29-38(54)30-20-27(13-16-35(30)61-39(28)29)32-22-47-41(49-32)34-10-8-18-53(34)43(56)37(24(3)4)51-45(58)60-6/h11-16,19-24,33-34,36-37H,7-10,17-18H2,1-6H3,(H,46,48)(H,47,49)(H,50,57)(H,51,58)/t33-,34-,36-,37?/m1/s1. The summed E-state index contributed by atoms with van der Waals surface area (Å²) in [5.41, 5.74) is 3.86. The predicted octanol–water partition coefficient (Wildman–Crippen LogP) is 6.97. The van der Waals surface area contributed by atoms with E-state index in [-0.39, 0.29) is 41.2 Å². The molecule has 16 heteroatoms. The zero-order chi connectivity index (χ0) is 43.1. The van der Waals surface area contributed by atoms with Gasteiger partial charge in [-0.25, -0.2) is 19.6 Å². The Hall–Kier alpha value is -6.71. The number of H-pyrrole nitrogens is 2. The van der Waals surface area contributed by atoms with Crippen LogP contribution in [0.3, 0.4) is 0 Å². The number of benzene rings is 3. The van der Waals surface area contributed by atoms with Gasteiger partial charge in [-0.1, -0.05) is 39.8 Å². The number of carbonyl (C=O) groups is 4. The molecular formula is C45H50N8O8. The summed E-state index contributed by atoms with van der Waals surface area (Å²) in [6, 6.07) is 13.0. The lowest BCUT2D eigenvalue weighted by Crippen LogP contribution is -2.51. The van der Waals surface area contributed by atoms with Crippen molar-refractivity contribution in [1.29, 1.82) is 0 Å². The molecular weight excluding hydrogens is 781 g/mol. The molecule has 0 bridgehead atoms. The summed E-state index contributed by atoms with van der Waals surface area (Å²) in [7, 11) is 2.55. The Kier molecular flexibility index (Phi) is 11.3. The molecule has 0 saturated carbocycles. The van der Waals surface area contributed by atoms with Crippen LogP contribution in [0.2, 0.25) is 0 Å². The average Bonchev–Trinajstić information content (AvgIpc) is 4.11. The van der Waals surface area contributed by atoms with Crippen LogP contribution in [0, 0.1) is 11.8 Å². The fourth-order valence-electron chi connectivity index (χ4n) is 8.67. The van der Waals surface area contributed by atoms with Crippen LogP contribution in [-0.2, 0) is 19.1 Å². The average molecular weight is 831 g/mol. The molecule has 1 unspecified atom stereocenters. The molecule has 318 valence electrons. The van der Waals surface area contributed by atoms with Gasteiger partial charge in [0.05, 0.1) is 60.9 Å². The van der Waals surface area contributed by atoms with Crippen LogP contribution < -0.4 is 16.1 Å². The van der Waals surface area contributed by atoms with Crippen molar-refractivity contribution in [3.05, 3.63) is 82.8 Å². The third-order valence-electron chi connectivity index (χ3n) is 12.0. The smallest absolute Gasteiger partial charge is 0.407 e. The van der Waals surface area contributed by atoms with Gasteiger partial charge in [0.1, 0.15) is 34.9 Å².